The smallest absolute Gasteiger partial charge is 0.331 e. The second-order valence-electron chi connectivity index (χ2n) is 7.01. The van der Waals surface area contributed by atoms with Crippen LogP contribution in [0.25, 0.3) is 10.2 Å². The molecule has 0 saturated carbocycles. The number of halogens is 1. The van der Waals surface area contributed by atoms with E-state index in [-0.39, 0.29) is 31.0 Å². The van der Waals surface area contributed by atoms with Crippen LogP contribution in [0.3, 0.4) is 0 Å². The van der Waals surface area contributed by atoms with Gasteiger partial charge in [0.1, 0.15) is 10.5 Å². The topological polar surface area (TPSA) is 86.2 Å². The van der Waals surface area contributed by atoms with Crippen LogP contribution in [0.2, 0.25) is 5.02 Å². The molecule has 4 rings (SSSR count). The number of nitrogens with one attached hydrogen (secondary N) is 1. The number of amides is 1. The lowest BCUT2D eigenvalue weighted by Gasteiger charge is -2.13. The van der Waals surface area contributed by atoms with Gasteiger partial charge in [-0.2, -0.15) is 0 Å². The zero-order chi connectivity index (χ0) is 21.8. The predicted molar refractivity (Wildman–Crippen MR) is 121 cm³/mol. The summed E-state index contributed by atoms with van der Waals surface area (Å²) in [7, 11) is 0. The number of nitrogens with zero attached hydrogens (tertiary/aromatic N) is 2. The van der Waals surface area contributed by atoms with Crippen LogP contribution in [-0.4, -0.2) is 15.0 Å². The van der Waals surface area contributed by atoms with E-state index in [4.69, 9.17) is 16.0 Å². The Morgan fingerprint density at radius 3 is 2.71 bits per heavy atom. The van der Waals surface area contributed by atoms with E-state index in [1.807, 2.05) is 18.2 Å². The summed E-state index contributed by atoms with van der Waals surface area (Å²) in [5, 5.41) is 5.11. The van der Waals surface area contributed by atoms with Gasteiger partial charge in [0, 0.05) is 18.0 Å². The van der Waals surface area contributed by atoms with Crippen molar-refractivity contribution in [1.82, 2.24) is 14.5 Å². The number of carbonyl (C=O) groups is 1. The molecule has 0 aliphatic rings. The van der Waals surface area contributed by atoms with E-state index in [0.29, 0.717) is 34.0 Å². The monoisotopic (exact) mass is 457 g/mol. The van der Waals surface area contributed by atoms with Crippen molar-refractivity contribution in [2.75, 3.05) is 0 Å². The number of rotatable bonds is 8. The Hall–Kier alpha value is -3.10. The van der Waals surface area contributed by atoms with Gasteiger partial charge < -0.3 is 9.73 Å². The third-order valence-corrected chi connectivity index (χ3v) is 6.21. The summed E-state index contributed by atoms with van der Waals surface area (Å²) in [5.74, 6) is 0.494. The zero-order valence-corrected chi connectivity index (χ0v) is 18.1. The van der Waals surface area contributed by atoms with Crippen LogP contribution < -0.4 is 16.6 Å². The first-order valence-corrected chi connectivity index (χ1v) is 11.0. The predicted octanol–water partition coefficient (Wildman–Crippen LogP) is 3.62. The number of fused-ring (bicyclic) bond motifs is 1. The van der Waals surface area contributed by atoms with Gasteiger partial charge in [0.25, 0.3) is 5.56 Å². The van der Waals surface area contributed by atoms with Gasteiger partial charge in [-0.15, -0.1) is 11.3 Å². The Labute approximate surface area is 186 Å². The van der Waals surface area contributed by atoms with Gasteiger partial charge in [0.05, 0.1) is 24.9 Å². The molecular formula is C22H20ClN3O4S. The lowest BCUT2D eigenvalue weighted by molar-refractivity contribution is -0.121. The van der Waals surface area contributed by atoms with Gasteiger partial charge in [-0.3, -0.25) is 18.7 Å². The average molecular weight is 458 g/mol. The normalized spacial score (nSPS) is 11.1. The maximum atomic E-state index is 13.1. The highest BCUT2D eigenvalue weighted by molar-refractivity contribution is 7.17. The first kappa shape index (κ1) is 21.1. The van der Waals surface area contributed by atoms with Crippen LogP contribution >= 0.6 is 22.9 Å². The Balaban J connectivity index is 1.52. The largest absolute Gasteiger partial charge is 0.467 e. The molecule has 3 heterocycles. The molecular weight excluding hydrogens is 438 g/mol. The van der Waals surface area contributed by atoms with Crippen molar-refractivity contribution in [1.29, 1.82) is 0 Å². The summed E-state index contributed by atoms with van der Waals surface area (Å²) >= 11 is 7.57. The summed E-state index contributed by atoms with van der Waals surface area (Å²) in [4.78, 5) is 38.1. The molecule has 1 amide bonds. The van der Waals surface area contributed by atoms with Gasteiger partial charge in [0.15, 0.2) is 0 Å². The van der Waals surface area contributed by atoms with E-state index in [0.717, 1.165) is 5.56 Å². The van der Waals surface area contributed by atoms with Gasteiger partial charge in [-0.25, -0.2) is 4.79 Å². The van der Waals surface area contributed by atoms with Crippen LogP contribution in [0.4, 0.5) is 0 Å². The van der Waals surface area contributed by atoms with E-state index in [2.05, 4.69) is 5.32 Å². The SMILES string of the molecule is O=C(CCCn1c(=O)c2sccc2n(Cc2ccccc2Cl)c1=O)NCc1ccco1. The number of furan rings is 1. The van der Waals surface area contributed by atoms with Crippen molar-refractivity contribution < 1.29 is 9.21 Å². The summed E-state index contributed by atoms with van der Waals surface area (Å²) in [5.41, 5.74) is 0.641. The molecule has 160 valence electrons. The molecule has 0 unspecified atom stereocenters. The third-order valence-electron chi connectivity index (χ3n) is 4.95. The minimum absolute atomic E-state index is 0.155. The van der Waals surface area contributed by atoms with Gasteiger partial charge in [-0.05, 0) is 41.6 Å². The van der Waals surface area contributed by atoms with E-state index in [9.17, 15) is 14.4 Å². The molecule has 0 aliphatic carbocycles. The fourth-order valence-corrected chi connectivity index (χ4v) is 4.40. The quantitative estimate of drug-likeness (QED) is 0.438. The molecule has 9 heteroatoms. The number of hydrogen-bond acceptors (Lipinski definition) is 5. The Morgan fingerprint density at radius 2 is 1.94 bits per heavy atom. The van der Waals surface area contributed by atoms with Crippen molar-refractivity contribution in [2.45, 2.75) is 32.5 Å². The molecule has 0 spiro atoms. The number of aromatic nitrogens is 2. The molecule has 0 radical (unpaired) electrons. The van der Waals surface area contributed by atoms with Crippen LogP contribution in [0.1, 0.15) is 24.2 Å². The Kier molecular flexibility index (Phi) is 6.39. The van der Waals surface area contributed by atoms with Crippen LogP contribution in [0, 0.1) is 0 Å². The fourth-order valence-electron chi connectivity index (χ4n) is 3.37. The fraction of sp³-hybridized carbons (Fsp3) is 0.227. The van der Waals surface area contributed by atoms with E-state index in [1.165, 1.54) is 15.9 Å². The number of benzene rings is 1. The minimum Gasteiger partial charge on any atom is -0.467 e. The van der Waals surface area contributed by atoms with Crippen molar-refractivity contribution in [3.8, 4) is 0 Å². The molecule has 1 aromatic carbocycles. The van der Waals surface area contributed by atoms with E-state index >= 15 is 0 Å². The Morgan fingerprint density at radius 1 is 1.10 bits per heavy atom. The molecule has 1 N–H and O–H groups in total. The Bertz CT molecular complexity index is 1320. The van der Waals surface area contributed by atoms with E-state index in [1.54, 1.807) is 40.5 Å². The number of hydrogen-bond donors (Lipinski definition) is 1. The second-order valence-corrected chi connectivity index (χ2v) is 8.33. The van der Waals surface area contributed by atoms with Crippen molar-refractivity contribution in [3.63, 3.8) is 0 Å². The summed E-state index contributed by atoms with van der Waals surface area (Å²) < 4.78 is 8.45. The molecule has 0 aliphatic heterocycles. The molecule has 0 bridgehead atoms. The van der Waals surface area contributed by atoms with Crippen molar-refractivity contribution >= 4 is 39.1 Å². The highest BCUT2D eigenvalue weighted by atomic mass is 35.5. The lowest BCUT2D eigenvalue weighted by Crippen LogP contribution is -2.40. The highest BCUT2D eigenvalue weighted by Gasteiger charge is 2.15. The average Bonchev–Trinajstić information content (AvgIpc) is 3.45. The van der Waals surface area contributed by atoms with Crippen LogP contribution in [0.15, 0.2) is 68.1 Å². The summed E-state index contributed by atoms with van der Waals surface area (Å²) in [6, 6.07) is 12.6. The molecule has 3 aromatic heterocycles. The summed E-state index contributed by atoms with van der Waals surface area (Å²) in [6.07, 6.45) is 2.10. The van der Waals surface area contributed by atoms with E-state index < -0.39 is 5.69 Å². The molecule has 31 heavy (non-hydrogen) atoms. The second kappa shape index (κ2) is 9.36. The summed E-state index contributed by atoms with van der Waals surface area (Å²) in [6.45, 7) is 0.718. The number of thiophene rings is 1. The van der Waals surface area contributed by atoms with Crippen LogP contribution in [0.5, 0.6) is 0 Å². The maximum absolute atomic E-state index is 13.1. The van der Waals surface area contributed by atoms with Crippen molar-refractivity contribution in [3.05, 3.63) is 91.3 Å². The van der Waals surface area contributed by atoms with Gasteiger partial charge >= 0.3 is 5.69 Å². The molecule has 0 atom stereocenters. The van der Waals surface area contributed by atoms with Crippen molar-refractivity contribution in [2.24, 2.45) is 0 Å². The molecule has 7 nitrogen and oxygen atoms in total. The van der Waals surface area contributed by atoms with Gasteiger partial charge in [-0.1, -0.05) is 29.8 Å². The highest BCUT2D eigenvalue weighted by Crippen LogP contribution is 2.20. The third kappa shape index (κ3) is 4.65. The maximum Gasteiger partial charge on any atom is 0.331 e. The van der Waals surface area contributed by atoms with Gasteiger partial charge in [0.2, 0.25) is 5.91 Å². The standard InChI is InChI=1S/C22H20ClN3O4S/c23-17-7-2-1-5-15(17)14-26-18-9-12-31-20(18)21(28)25(22(26)29)10-3-8-19(27)24-13-16-6-4-11-30-16/h1-2,4-7,9,11-12H,3,8,10,13-14H2,(H,24,27). The molecule has 0 saturated heterocycles. The minimum atomic E-state index is -0.410. The first-order valence-electron chi connectivity index (χ1n) is 9.78. The first-order chi connectivity index (χ1) is 15.0. The lowest BCUT2D eigenvalue weighted by atomic mass is 10.2. The van der Waals surface area contributed by atoms with Crippen LogP contribution in [-0.2, 0) is 24.4 Å². The molecule has 4 aromatic rings. The molecule has 0 fully saturated rings. The number of carbonyl (C=O) groups excluding carboxylic acids is 1. The zero-order valence-electron chi connectivity index (χ0n) is 16.5.